The predicted molar refractivity (Wildman–Crippen MR) is 140 cm³/mol. The number of halogens is 1. The first-order valence-electron chi connectivity index (χ1n) is 12.3. The second kappa shape index (κ2) is 12.8. The molecule has 0 radical (unpaired) electrons. The zero-order chi connectivity index (χ0) is 25.3. The molecule has 4 rings (SSSR count). The maximum absolute atomic E-state index is 11.6. The highest BCUT2D eigenvalue weighted by Crippen LogP contribution is 2.29. The summed E-state index contributed by atoms with van der Waals surface area (Å²) in [6, 6.07) is 21.5. The summed E-state index contributed by atoms with van der Waals surface area (Å²) >= 11 is 6.43. The van der Waals surface area contributed by atoms with Crippen LogP contribution in [0.15, 0.2) is 66.7 Å². The number of aliphatic hydroxyl groups excluding tert-OH is 1. The number of carbonyl (C=O) groups excluding carboxylic acids is 1. The van der Waals surface area contributed by atoms with Crippen LogP contribution >= 0.6 is 11.6 Å². The normalized spacial score (nSPS) is 15.6. The van der Waals surface area contributed by atoms with Crippen molar-refractivity contribution in [3.8, 4) is 11.5 Å². The number of rotatable bonds is 11. The highest BCUT2D eigenvalue weighted by atomic mass is 35.5. The molecule has 0 heterocycles. The number of aryl methyl sites for hydroxylation is 1. The van der Waals surface area contributed by atoms with E-state index in [9.17, 15) is 9.90 Å². The maximum atomic E-state index is 11.6. The Kier molecular flexibility index (Phi) is 9.23. The molecule has 0 saturated carbocycles. The first-order chi connectivity index (χ1) is 17.5. The summed E-state index contributed by atoms with van der Waals surface area (Å²) < 4.78 is 16.3. The van der Waals surface area contributed by atoms with Gasteiger partial charge in [-0.25, -0.2) is 4.79 Å². The third-order valence-corrected chi connectivity index (χ3v) is 6.54. The average Bonchev–Trinajstić information content (AvgIpc) is 2.90. The van der Waals surface area contributed by atoms with Crippen molar-refractivity contribution in [3.63, 3.8) is 0 Å². The topological polar surface area (TPSA) is 77.0 Å². The molecule has 0 amide bonds. The molecule has 1 aliphatic carbocycles. The standard InChI is InChI=1S/C29H32ClNO5/c1-2-34-29(33)19-35-25-12-9-21-8-11-24(14-23(21)15-25)31-17-27(32)22-10-13-28(26(30)16-22)36-18-20-6-4-3-5-7-20/h3-7,9-10,12-13,15-16,24,27,31-32H,2,8,11,14,17-19H2,1H3/t24-,27?/m1/s1. The molecule has 1 unspecified atom stereocenters. The van der Waals surface area contributed by atoms with E-state index < -0.39 is 6.10 Å². The molecular formula is C29H32ClNO5. The molecule has 0 spiro atoms. The van der Waals surface area contributed by atoms with Crippen LogP contribution in [0.25, 0.3) is 0 Å². The van der Waals surface area contributed by atoms with Gasteiger partial charge < -0.3 is 24.6 Å². The van der Waals surface area contributed by atoms with E-state index in [0.717, 1.165) is 30.4 Å². The summed E-state index contributed by atoms with van der Waals surface area (Å²) in [5, 5.41) is 14.7. The van der Waals surface area contributed by atoms with Crippen LogP contribution in [0.1, 0.15) is 41.7 Å². The van der Waals surface area contributed by atoms with Gasteiger partial charge >= 0.3 is 5.97 Å². The van der Waals surface area contributed by atoms with Gasteiger partial charge in [0, 0.05) is 12.6 Å². The minimum Gasteiger partial charge on any atom is -0.487 e. The third kappa shape index (κ3) is 7.23. The fraction of sp³-hybridized carbons (Fsp3) is 0.345. The van der Waals surface area contributed by atoms with Crippen molar-refractivity contribution in [1.29, 1.82) is 0 Å². The number of fused-ring (bicyclic) bond motifs is 1. The minimum atomic E-state index is -0.689. The fourth-order valence-electron chi connectivity index (χ4n) is 4.32. The molecule has 3 aromatic carbocycles. The SMILES string of the molecule is CCOC(=O)COc1ccc2c(c1)C[C@H](NCC(O)c1ccc(OCc3ccccc3)c(Cl)c1)CC2. The number of aliphatic hydroxyl groups is 1. The number of hydrogen-bond donors (Lipinski definition) is 2. The lowest BCUT2D eigenvalue weighted by Crippen LogP contribution is -2.37. The molecular weight excluding hydrogens is 478 g/mol. The predicted octanol–water partition coefficient (Wildman–Crippen LogP) is 5.04. The van der Waals surface area contributed by atoms with Crippen LogP contribution in [0, 0.1) is 0 Å². The highest BCUT2D eigenvalue weighted by molar-refractivity contribution is 6.32. The Labute approximate surface area is 217 Å². The Morgan fingerprint density at radius 2 is 1.92 bits per heavy atom. The van der Waals surface area contributed by atoms with E-state index in [-0.39, 0.29) is 18.6 Å². The van der Waals surface area contributed by atoms with Gasteiger partial charge in [-0.05, 0) is 72.7 Å². The summed E-state index contributed by atoms with van der Waals surface area (Å²) in [4.78, 5) is 11.6. The smallest absolute Gasteiger partial charge is 0.344 e. The zero-order valence-corrected chi connectivity index (χ0v) is 21.2. The molecule has 0 saturated heterocycles. The molecule has 0 aromatic heterocycles. The Bertz CT molecular complexity index is 1150. The Hall–Kier alpha value is -3.06. The van der Waals surface area contributed by atoms with Crippen molar-refractivity contribution in [3.05, 3.63) is 94.0 Å². The number of ether oxygens (including phenoxy) is 3. The molecule has 0 bridgehead atoms. The highest BCUT2D eigenvalue weighted by Gasteiger charge is 2.21. The van der Waals surface area contributed by atoms with Gasteiger partial charge in [0.1, 0.15) is 18.1 Å². The zero-order valence-electron chi connectivity index (χ0n) is 20.4. The number of benzene rings is 3. The van der Waals surface area contributed by atoms with Crippen LogP contribution in [-0.4, -0.2) is 36.9 Å². The van der Waals surface area contributed by atoms with E-state index in [0.29, 0.717) is 36.3 Å². The molecule has 3 aromatic rings. The summed E-state index contributed by atoms with van der Waals surface area (Å²) in [6.07, 6.45) is 2.06. The van der Waals surface area contributed by atoms with E-state index in [4.69, 9.17) is 25.8 Å². The van der Waals surface area contributed by atoms with Crippen LogP contribution in [0.3, 0.4) is 0 Å². The second-order valence-electron chi connectivity index (χ2n) is 8.85. The lowest BCUT2D eigenvalue weighted by Gasteiger charge is -2.27. The fourth-order valence-corrected chi connectivity index (χ4v) is 4.56. The molecule has 7 heteroatoms. The van der Waals surface area contributed by atoms with Crippen LogP contribution in [-0.2, 0) is 29.0 Å². The Balaban J connectivity index is 1.28. The van der Waals surface area contributed by atoms with E-state index in [1.165, 1.54) is 11.1 Å². The van der Waals surface area contributed by atoms with Gasteiger partial charge in [-0.15, -0.1) is 0 Å². The van der Waals surface area contributed by atoms with E-state index >= 15 is 0 Å². The molecule has 36 heavy (non-hydrogen) atoms. The summed E-state index contributed by atoms with van der Waals surface area (Å²) in [5.74, 6) is 0.876. The van der Waals surface area contributed by atoms with Gasteiger partial charge in [-0.2, -0.15) is 0 Å². The van der Waals surface area contributed by atoms with E-state index in [1.807, 2.05) is 48.5 Å². The summed E-state index contributed by atoms with van der Waals surface area (Å²) in [6.45, 7) is 2.86. The lowest BCUT2D eigenvalue weighted by molar-refractivity contribution is -0.145. The van der Waals surface area contributed by atoms with Crippen molar-refractivity contribution in [2.45, 2.75) is 44.9 Å². The molecule has 2 N–H and O–H groups in total. The number of carbonyl (C=O) groups is 1. The third-order valence-electron chi connectivity index (χ3n) is 6.25. The number of esters is 1. The number of nitrogens with one attached hydrogen (secondary N) is 1. The van der Waals surface area contributed by atoms with Gasteiger partial charge in [0.15, 0.2) is 6.61 Å². The molecule has 6 nitrogen and oxygen atoms in total. The van der Waals surface area contributed by atoms with Crippen LogP contribution in [0.4, 0.5) is 0 Å². The van der Waals surface area contributed by atoms with Crippen molar-refractivity contribution < 1.29 is 24.1 Å². The lowest BCUT2D eigenvalue weighted by atomic mass is 9.88. The van der Waals surface area contributed by atoms with Crippen LogP contribution in [0.5, 0.6) is 11.5 Å². The molecule has 1 aliphatic rings. The van der Waals surface area contributed by atoms with E-state index in [1.54, 1.807) is 19.1 Å². The van der Waals surface area contributed by atoms with Gasteiger partial charge in [0.05, 0.1) is 17.7 Å². The quantitative estimate of drug-likeness (QED) is 0.353. The second-order valence-corrected chi connectivity index (χ2v) is 9.26. The summed E-state index contributed by atoms with van der Waals surface area (Å²) in [7, 11) is 0. The van der Waals surface area contributed by atoms with E-state index in [2.05, 4.69) is 11.4 Å². The Morgan fingerprint density at radius 3 is 2.69 bits per heavy atom. The largest absolute Gasteiger partial charge is 0.487 e. The molecule has 0 aliphatic heterocycles. The van der Waals surface area contributed by atoms with Crippen molar-refractivity contribution in [1.82, 2.24) is 5.32 Å². The summed E-state index contributed by atoms with van der Waals surface area (Å²) in [5.41, 5.74) is 4.28. The van der Waals surface area contributed by atoms with Crippen molar-refractivity contribution in [2.75, 3.05) is 19.8 Å². The van der Waals surface area contributed by atoms with Crippen LogP contribution in [0.2, 0.25) is 5.02 Å². The first kappa shape index (κ1) is 26.0. The first-order valence-corrected chi connectivity index (χ1v) is 12.7. The molecule has 2 atom stereocenters. The molecule has 0 fully saturated rings. The van der Waals surface area contributed by atoms with Crippen LogP contribution < -0.4 is 14.8 Å². The van der Waals surface area contributed by atoms with Crippen molar-refractivity contribution in [2.24, 2.45) is 0 Å². The van der Waals surface area contributed by atoms with Gasteiger partial charge in [-0.1, -0.05) is 54.1 Å². The Morgan fingerprint density at radius 1 is 1.08 bits per heavy atom. The molecule has 190 valence electrons. The monoisotopic (exact) mass is 509 g/mol. The van der Waals surface area contributed by atoms with Gasteiger partial charge in [0.2, 0.25) is 0 Å². The average molecular weight is 510 g/mol. The van der Waals surface area contributed by atoms with Crippen molar-refractivity contribution >= 4 is 17.6 Å². The van der Waals surface area contributed by atoms with Gasteiger partial charge in [-0.3, -0.25) is 0 Å². The minimum absolute atomic E-state index is 0.0981. The number of hydrogen-bond acceptors (Lipinski definition) is 6. The van der Waals surface area contributed by atoms with Gasteiger partial charge in [0.25, 0.3) is 0 Å². The maximum Gasteiger partial charge on any atom is 0.344 e.